The predicted octanol–water partition coefficient (Wildman–Crippen LogP) is 1.53. The van der Waals surface area contributed by atoms with Gasteiger partial charge in [0, 0.05) is 6.54 Å². The topological polar surface area (TPSA) is 15.3 Å². The van der Waals surface area contributed by atoms with Gasteiger partial charge in [-0.1, -0.05) is 20.8 Å². The molecule has 11 heavy (non-hydrogen) atoms. The second-order valence-electron chi connectivity index (χ2n) is 3.08. The quantitative estimate of drug-likeness (QED) is 0.622. The summed E-state index contributed by atoms with van der Waals surface area (Å²) in [5.74, 6) is 0.868. The summed E-state index contributed by atoms with van der Waals surface area (Å²) in [5, 5.41) is 3.27. The molecule has 2 unspecified atom stereocenters. The second kappa shape index (κ2) is 5.56. The van der Waals surface area contributed by atoms with Crippen molar-refractivity contribution in [2.75, 3.05) is 20.6 Å². The molecule has 0 aromatic carbocycles. The predicted molar refractivity (Wildman–Crippen MR) is 50.6 cm³/mol. The van der Waals surface area contributed by atoms with Gasteiger partial charge in [-0.25, -0.2) is 0 Å². The van der Waals surface area contributed by atoms with E-state index in [0.717, 1.165) is 5.92 Å². The molecular weight excluding hydrogens is 136 g/mol. The monoisotopic (exact) mass is 158 g/mol. The van der Waals surface area contributed by atoms with Gasteiger partial charge in [-0.2, -0.15) is 0 Å². The summed E-state index contributed by atoms with van der Waals surface area (Å²) in [6.07, 6.45) is 1.92. The standard InChI is InChI=1S/C7H16N2.C2H6/c1-6-4-7(8-2)9(3)5-6;1-2/h6-8H,4-5H2,1-3H3;1-2H3. The van der Waals surface area contributed by atoms with Gasteiger partial charge < -0.3 is 5.32 Å². The molecule has 1 heterocycles. The smallest absolute Gasteiger partial charge is 0.0595 e. The van der Waals surface area contributed by atoms with Gasteiger partial charge in [-0.15, -0.1) is 0 Å². The Bertz CT molecular complexity index is 93.6. The molecule has 0 amide bonds. The highest BCUT2D eigenvalue weighted by Gasteiger charge is 2.24. The second-order valence-corrected chi connectivity index (χ2v) is 3.08. The summed E-state index contributed by atoms with van der Waals surface area (Å²) in [7, 11) is 4.20. The maximum absolute atomic E-state index is 3.27. The molecule has 2 heteroatoms. The minimum Gasteiger partial charge on any atom is -0.305 e. The van der Waals surface area contributed by atoms with Gasteiger partial charge in [-0.3, -0.25) is 4.90 Å². The molecule has 0 aromatic rings. The Labute approximate surface area is 71.0 Å². The first-order valence-corrected chi connectivity index (χ1v) is 4.61. The van der Waals surface area contributed by atoms with E-state index in [-0.39, 0.29) is 0 Å². The zero-order chi connectivity index (χ0) is 8.85. The van der Waals surface area contributed by atoms with Gasteiger partial charge >= 0.3 is 0 Å². The number of nitrogens with one attached hydrogen (secondary N) is 1. The molecule has 0 radical (unpaired) electrons. The van der Waals surface area contributed by atoms with E-state index in [9.17, 15) is 0 Å². The number of hydrogen-bond acceptors (Lipinski definition) is 2. The number of likely N-dealkylation sites (tertiary alicyclic amines) is 1. The highest BCUT2D eigenvalue weighted by Crippen LogP contribution is 2.17. The lowest BCUT2D eigenvalue weighted by atomic mass is 10.1. The van der Waals surface area contributed by atoms with Crippen molar-refractivity contribution in [3.05, 3.63) is 0 Å². The first-order chi connectivity index (χ1) is 5.24. The van der Waals surface area contributed by atoms with Crippen molar-refractivity contribution in [1.29, 1.82) is 0 Å². The maximum Gasteiger partial charge on any atom is 0.0595 e. The van der Waals surface area contributed by atoms with Crippen LogP contribution in [0.3, 0.4) is 0 Å². The lowest BCUT2D eigenvalue weighted by Crippen LogP contribution is -2.35. The zero-order valence-corrected chi connectivity index (χ0v) is 8.52. The molecule has 1 aliphatic heterocycles. The van der Waals surface area contributed by atoms with E-state index in [2.05, 4.69) is 24.2 Å². The third-order valence-corrected chi connectivity index (χ3v) is 2.09. The van der Waals surface area contributed by atoms with Gasteiger partial charge in [0.1, 0.15) is 0 Å². The van der Waals surface area contributed by atoms with Crippen LogP contribution in [0.5, 0.6) is 0 Å². The van der Waals surface area contributed by atoms with E-state index in [1.54, 1.807) is 0 Å². The Balaban J connectivity index is 0.000000461. The Hall–Kier alpha value is -0.0800. The molecular formula is C9H22N2. The largest absolute Gasteiger partial charge is 0.305 e. The van der Waals surface area contributed by atoms with Crippen LogP contribution in [0, 0.1) is 5.92 Å². The molecule has 1 N–H and O–H groups in total. The molecule has 1 saturated heterocycles. The summed E-state index contributed by atoms with van der Waals surface area (Å²) in [4.78, 5) is 2.37. The third kappa shape index (κ3) is 3.21. The van der Waals surface area contributed by atoms with Crippen molar-refractivity contribution in [3.8, 4) is 0 Å². The van der Waals surface area contributed by atoms with E-state index >= 15 is 0 Å². The average Bonchev–Trinajstić information content (AvgIpc) is 2.33. The molecule has 0 spiro atoms. The molecule has 0 saturated carbocycles. The Morgan fingerprint density at radius 1 is 1.36 bits per heavy atom. The van der Waals surface area contributed by atoms with Crippen molar-refractivity contribution in [2.45, 2.75) is 33.4 Å². The number of nitrogens with zero attached hydrogens (tertiary/aromatic N) is 1. The average molecular weight is 158 g/mol. The van der Waals surface area contributed by atoms with Crippen LogP contribution in [0.1, 0.15) is 27.2 Å². The SMILES string of the molecule is CC.CNC1CC(C)CN1C. The van der Waals surface area contributed by atoms with Crippen molar-refractivity contribution in [2.24, 2.45) is 5.92 Å². The molecule has 2 nitrogen and oxygen atoms in total. The van der Waals surface area contributed by atoms with Gasteiger partial charge in [0.25, 0.3) is 0 Å². The van der Waals surface area contributed by atoms with E-state index in [1.165, 1.54) is 13.0 Å². The Morgan fingerprint density at radius 2 is 1.91 bits per heavy atom. The van der Waals surface area contributed by atoms with Crippen LogP contribution >= 0.6 is 0 Å². The van der Waals surface area contributed by atoms with Crippen molar-refractivity contribution in [1.82, 2.24) is 10.2 Å². The molecule has 0 aliphatic carbocycles. The Morgan fingerprint density at radius 3 is 2.09 bits per heavy atom. The summed E-state index contributed by atoms with van der Waals surface area (Å²) in [6, 6.07) is 0. The van der Waals surface area contributed by atoms with Gasteiger partial charge in [0.2, 0.25) is 0 Å². The fraction of sp³-hybridized carbons (Fsp3) is 1.00. The van der Waals surface area contributed by atoms with Crippen LogP contribution in [-0.4, -0.2) is 31.7 Å². The van der Waals surface area contributed by atoms with Crippen LogP contribution in [0.15, 0.2) is 0 Å². The first-order valence-electron chi connectivity index (χ1n) is 4.61. The van der Waals surface area contributed by atoms with Crippen LogP contribution in [0.4, 0.5) is 0 Å². The Kier molecular flexibility index (Phi) is 5.51. The van der Waals surface area contributed by atoms with Crippen molar-refractivity contribution < 1.29 is 0 Å². The zero-order valence-electron chi connectivity index (χ0n) is 8.52. The van der Waals surface area contributed by atoms with Gasteiger partial charge in [-0.05, 0) is 26.4 Å². The minimum atomic E-state index is 0.625. The highest BCUT2D eigenvalue weighted by atomic mass is 15.3. The first kappa shape index (κ1) is 10.9. The van der Waals surface area contributed by atoms with Gasteiger partial charge in [0.15, 0.2) is 0 Å². The summed E-state index contributed by atoms with van der Waals surface area (Å²) in [5.41, 5.74) is 0. The van der Waals surface area contributed by atoms with E-state index in [1.807, 2.05) is 20.9 Å². The van der Waals surface area contributed by atoms with E-state index in [0.29, 0.717) is 6.17 Å². The molecule has 2 atom stereocenters. The highest BCUT2D eigenvalue weighted by molar-refractivity contribution is 4.77. The minimum absolute atomic E-state index is 0.625. The van der Waals surface area contributed by atoms with Gasteiger partial charge in [0.05, 0.1) is 6.17 Å². The van der Waals surface area contributed by atoms with E-state index < -0.39 is 0 Å². The lowest BCUT2D eigenvalue weighted by molar-refractivity contribution is 0.277. The van der Waals surface area contributed by atoms with Crippen LogP contribution in [0.25, 0.3) is 0 Å². The number of rotatable bonds is 1. The lowest BCUT2D eigenvalue weighted by Gasteiger charge is -2.17. The molecule has 68 valence electrons. The van der Waals surface area contributed by atoms with E-state index in [4.69, 9.17) is 0 Å². The summed E-state index contributed by atoms with van der Waals surface area (Å²) >= 11 is 0. The van der Waals surface area contributed by atoms with Crippen molar-refractivity contribution in [3.63, 3.8) is 0 Å². The third-order valence-electron chi connectivity index (χ3n) is 2.09. The molecule has 1 fully saturated rings. The fourth-order valence-corrected chi connectivity index (χ4v) is 1.59. The maximum atomic E-state index is 3.27. The molecule has 1 rings (SSSR count). The van der Waals surface area contributed by atoms with Crippen molar-refractivity contribution >= 4 is 0 Å². The normalized spacial score (nSPS) is 31.4. The summed E-state index contributed by atoms with van der Waals surface area (Å²) in [6.45, 7) is 7.54. The van der Waals surface area contributed by atoms with Crippen LogP contribution in [0.2, 0.25) is 0 Å². The fourth-order valence-electron chi connectivity index (χ4n) is 1.59. The molecule has 0 aromatic heterocycles. The number of hydrogen-bond donors (Lipinski definition) is 1. The van der Waals surface area contributed by atoms with Crippen LogP contribution in [-0.2, 0) is 0 Å². The molecule has 1 aliphatic rings. The summed E-state index contributed by atoms with van der Waals surface area (Å²) < 4.78 is 0. The van der Waals surface area contributed by atoms with Crippen LogP contribution < -0.4 is 5.32 Å². The molecule has 0 bridgehead atoms.